The molecular weight excluding hydrogens is 357 g/mol. The van der Waals surface area contributed by atoms with Crippen molar-refractivity contribution in [3.05, 3.63) is 17.6 Å². The van der Waals surface area contributed by atoms with E-state index in [0.717, 1.165) is 37.6 Å². The Morgan fingerprint density at radius 2 is 1.76 bits per heavy atom. The van der Waals surface area contributed by atoms with Crippen molar-refractivity contribution in [3.63, 3.8) is 0 Å². The Kier molecular flexibility index (Phi) is 9.43. The first-order valence-electron chi connectivity index (χ1n) is 9.16. The van der Waals surface area contributed by atoms with E-state index in [1.807, 2.05) is 6.92 Å². The third-order valence-corrected chi connectivity index (χ3v) is 5.28. The Morgan fingerprint density at radius 1 is 1.12 bits per heavy atom. The maximum Gasteiger partial charge on any atom is 0.132 e. The van der Waals surface area contributed by atoms with Gasteiger partial charge < -0.3 is 15.5 Å². The van der Waals surface area contributed by atoms with Gasteiger partial charge in [0.1, 0.15) is 11.6 Å². The van der Waals surface area contributed by atoms with Gasteiger partial charge in [-0.05, 0) is 45.7 Å². The number of nitrogens with zero attached hydrogens (tertiary/aromatic N) is 4. The molecule has 1 aromatic rings. The third-order valence-electron chi connectivity index (χ3n) is 5.28. The summed E-state index contributed by atoms with van der Waals surface area (Å²) in [7, 11) is 2.15. The Balaban J connectivity index is 0.00000156. The summed E-state index contributed by atoms with van der Waals surface area (Å²) in [5, 5.41) is 0. The van der Waals surface area contributed by atoms with Crippen molar-refractivity contribution in [2.75, 3.05) is 38.1 Å². The summed E-state index contributed by atoms with van der Waals surface area (Å²) in [6, 6.07) is 2.53. The maximum atomic E-state index is 5.93. The first-order valence-corrected chi connectivity index (χ1v) is 9.16. The van der Waals surface area contributed by atoms with Gasteiger partial charge >= 0.3 is 0 Å². The van der Waals surface area contributed by atoms with E-state index >= 15 is 0 Å². The number of aryl methyl sites for hydroxylation is 1. The summed E-state index contributed by atoms with van der Waals surface area (Å²) in [5.41, 5.74) is 7.10. The fourth-order valence-corrected chi connectivity index (χ4v) is 3.65. The van der Waals surface area contributed by atoms with Crippen LogP contribution in [0.3, 0.4) is 0 Å². The summed E-state index contributed by atoms with van der Waals surface area (Å²) in [5.74, 6) is 2.46. The predicted octanol–water partition coefficient (Wildman–Crippen LogP) is 3.15. The highest BCUT2D eigenvalue weighted by atomic mass is 35.5. The summed E-state index contributed by atoms with van der Waals surface area (Å²) in [6.45, 7) is 6.65. The highest BCUT2D eigenvalue weighted by Crippen LogP contribution is 2.35. The molecule has 1 aliphatic heterocycles. The number of rotatable bonds is 5. The second-order valence-corrected chi connectivity index (χ2v) is 7.30. The molecule has 1 saturated carbocycles. The second-order valence-electron chi connectivity index (χ2n) is 7.30. The van der Waals surface area contributed by atoms with E-state index in [2.05, 4.69) is 32.9 Å². The average Bonchev–Trinajstić information content (AvgIpc) is 2.77. The van der Waals surface area contributed by atoms with E-state index < -0.39 is 0 Å². The number of anilines is 1. The molecule has 0 amide bonds. The van der Waals surface area contributed by atoms with Gasteiger partial charge in [-0.1, -0.05) is 12.8 Å². The van der Waals surface area contributed by atoms with Crippen LogP contribution < -0.4 is 10.6 Å². The molecule has 2 N–H and O–H groups in total. The van der Waals surface area contributed by atoms with Crippen LogP contribution in [-0.4, -0.2) is 54.1 Å². The third kappa shape index (κ3) is 6.24. The number of hydrogen-bond donors (Lipinski definition) is 1. The van der Waals surface area contributed by atoms with Crippen molar-refractivity contribution in [1.82, 2.24) is 14.9 Å². The lowest BCUT2D eigenvalue weighted by molar-refractivity contribution is 0.291. The molecule has 5 nitrogen and oxygen atoms in total. The molecule has 0 bridgehead atoms. The zero-order chi connectivity index (χ0) is 16.2. The van der Waals surface area contributed by atoms with Crippen LogP contribution in [0.5, 0.6) is 0 Å². The zero-order valence-electron chi connectivity index (χ0n) is 15.5. The molecule has 2 aliphatic rings. The highest BCUT2D eigenvalue weighted by molar-refractivity contribution is 5.85. The molecule has 0 radical (unpaired) electrons. The van der Waals surface area contributed by atoms with E-state index in [4.69, 9.17) is 5.73 Å². The molecule has 2 fully saturated rings. The lowest BCUT2D eigenvalue weighted by atomic mass is 9.78. The van der Waals surface area contributed by atoms with Crippen molar-refractivity contribution in [3.8, 4) is 0 Å². The van der Waals surface area contributed by atoms with E-state index in [9.17, 15) is 0 Å². The highest BCUT2D eigenvalue weighted by Gasteiger charge is 2.29. The molecule has 144 valence electrons. The fraction of sp³-hybridized carbons (Fsp3) is 0.778. The van der Waals surface area contributed by atoms with Crippen molar-refractivity contribution in [1.29, 1.82) is 0 Å². The number of likely N-dealkylation sites (tertiary alicyclic amines) is 1. The average molecular weight is 390 g/mol. The first kappa shape index (κ1) is 22.4. The summed E-state index contributed by atoms with van der Waals surface area (Å²) in [4.78, 5) is 14.2. The minimum absolute atomic E-state index is 0. The van der Waals surface area contributed by atoms with Gasteiger partial charge in [-0.3, -0.25) is 0 Å². The molecule has 3 rings (SSSR count). The lowest BCUT2D eigenvalue weighted by Crippen LogP contribution is -2.36. The minimum atomic E-state index is 0. The fourth-order valence-electron chi connectivity index (χ4n) is 3.65. The lowest BCUT2D eigenvalue weighted by Gasteiger charge is -2.32. The monoisotopic (exact) mass is 389 g/mol. The molecule has 0 atom stereocenters. The van der Waals surface area contributed by atoms with Crippen LogP contribution in [0.1, 0.15) is 56.0 Å². The van der Waals surface area contributed by atoms with Gasteiger partial charge in [0, 0.05) is 43.9 Å². The van der Waals surface area contributed by atoms with Crippen LogP contribution in [0.2, 0.25) is 0 Å². The normalized spacial score (nSPS) is 23.6. The molecule has 1 aliphatic carbocycles. The summed E-state index contributed by atoms with van der Waals surface area (Å²) in [6.07, 6.45) is 7.61. The Bertz CT molecular complexity index is 514. The quantitative estimate of drug-likeness (QED) is 0.837. The molecule has 2 heterocycles. The summed E-state index contributed by atoms with van der Waals surface area (Å²) >= 11 is 0. The van der Waals surface area contributed by atoms with Gasteiger partial charge in [-0.2, -0.15) is 0 Å². The van der Waals surface area contributed by atoms with Gasteiger partial charge in [-0.25, -0.2) is 9.97 Å². The standard InChI is InChI=1S/C18H31N5.2ClH/c1-14-20-17(15-11-16(19)12-15)13-18(21-14)22(2)9-10-23-7-5-3-4-6-8-23;;/h13,15-16H,3-12,19H2,1-2H3;2*1H. The SMILES string of the molecule is Cc1nc(C2CC(N)C2)cc(N(C)CCN2CCCCCC2)n1.Cl.Cl. The summed E-state index contributed by atoms with van der Waals surface area (Å²) < 4.78 is 0. The molecular formula is C18H33Cl2N5. The molecule has 0 unspecified atom stereocenters. The minimum Gasteiger partial charge on any atom is -0.358 e. The number of likely N-dealkylation sites (N-methyl/N-ethyl adjacent to an activating group) is 1. The van der Waals surface area contributed by atoms with Crippen LogP contribution in [-0.2, 0) is 0 Å². The van der Waals surface area contributed by atoms with E-state index in [1.165, 1.54) is 44.5 Å². The van der Waals surface area contributed by atoms with Gasteiger partial charge in [-0.15, -0.1) is 24.8 Å². The van der Waals surface area contributed by atoms with Crippen LogP contribution in [0.4, 0.5) is 5.82 Å². The molecule has 7 heteroatoms. The van der Waals surface area contributed by atoms with E-state index in [0.29, 0.717) is 12.0 Å². The first-order chi connectivity index (χ1) is 11.1. The predicted molar refractivity (Wildman–Crippen MR) is 109 cm³/mol. The zero-order valence-corrected chi connectivity index (χ0v) is 17.1. The van der Waals surface area contributed by atoms with Crippen molar-refractivity contribution in [2.45, 2.75) is 57.4 Å². The topological polar surface area (TPSA) is 58.3 Å². The van der Waals surface area contributed by atoms with E-state index in [1.54, 1.807) is 0 Å². The Morgan fingerprint density at radius 3 is 2.36 bits per heavy atom. The number of hydrogen-bond acceptors (Lipinski definition) is 5. The number of aromatic nitrogens is 2. The largest absolute Gasteiger partial charge is 0.358 e. The molecule has 1 aromatic heterocycles. The van der Waals surface area contributed by atoms with Crippen molar-refractivity contribution >= 4 is 30.6 Å². The van der Waals surface area contributed by atoms with Crippen molar-refractivity contribution < 1.29 is 0 Å². The van der Waals surface area contributed by atoms with Crippen LogP contribution >= 0.6 is 24.8 Å². The van der Waals surface area contributed by atoms with Crippen LogP contribution in [0.25, 0.3) is 0 Å². The van der Waals surface area contributed by atoms with Gasteiger partial charge in [0.25, 0.3) is 0 Å². The van der Waals surface area contributed by atoms with E-state index in [-0.39, 0.29) is 24.8 Å². The maximum absolute atomic E-state index is 5.93. The van der Waals surface area contributed by atoms with Gasteiger partial charge in [0.15, 0.2) is 0 Å². The Labute approximate surface area is 164 Å². The molecule has 0 aromatic carbocycles. The number of halogens is 2. The van der Waals surface area contributed by atoms with Gasteiger partial charge in [0.05, 0.1) is 0 Å². The smallest absolute Gasteiger partial charge is 0.132 e. The Hall–Kier alpha value is -0.620. The molecule has 1 saturated heterocycles. The molecule has 25 heavy (non-hydrogen) atoms. The van der Waals surface area contributed by atoms with Crippen molar-refractivity contribution in [2.24, 2.45) is 5.73 Å². The van der Waals surface area contributed by atoms with Crippen LogP contribution in [0, 0.1) is 6.92 Å². The number of nitrogens with two attached hydrogens (primary N) is 1. The van der Waals surface area contributed by atoms with Gasteiger partial charge in [0.2, 0.25) is 0 Å². The second kappa shape index (κ2) is 10.5. The van der Waals surface area contributed by atoms with Crippen LogP contribution in [0.15, 0.2) is 6.07 Å². The molecule has 0 spiro atoms.